The molecule has 0 aliphatic rings. The SMILES string of the molecule is CCCCCCCCCCCCCCCCCCC/C=C/CC/C=C/C(O)C(CO)NC(=O)CCCCCCCCCCC. The van der Waals surface area contributed by atoms with Crippen molar-refractivity contribution in [2.45, 2.75) is 219 Å². The summed E-state index contributed by atoms with van der Waals surface area (Å²) in [4.78, 5) is 12.2. The summed E-state index contributed by atoms with van der Waals surface area (Å²) >= 11 is 0. The molecule has 2 atom stereocenters. The number of amides is 1. The number of hydrogen-bond donors (Lipinski definition) is 3. The van der Waals surface area contributed by atoms with E-state index in [2.05, 4.69) is 31.3 Å². The van der Waals surface area contributed by atoms with Crippen LogP contribution in [0.5, 0.6) is 0 Å². The van der Waals surface area contributed by atoms with Gasteiger partial charge >= 0.3 is 0 Å². The summed E-state index contributed by atoms with van der Waals surface area (Å²) in [5, 5.41) is 22.8. The van der Waals surface area contributed by atoms with E-state index < -0.39 is 12.1 Å². The van der Waals surface area contributed by atoms with Gasteiger partial charge in [-0.3, -0.25) is 4.79 Å². The van der Waals surface area contributed by atoms with E-state index in [0.29, 0.717) is 6.42 Å². The fraction of sp³-hybridized carbons (Fsp3) is 0.875. The largest absolute Gasteiger partial charge is 0.394 e. The predicted molar refractivity (Wildman–Crippen MR) is 193 cm³/mol. The van der Waals surface area contributed by atoms with Gasteiger partial charge in [-0.25, -0.2) is 0 Å². The second-order valence-electron chi connectivity index (χ2n) is 13.3. The lowest BCUT2D eigenvalue weighted by Crippen LogP contribution is -2.45. The molecule has 0 aromatic rings. The van der Waals surface area contributed by atoms with Gasteiger partial charge in [0.1, 0.15) is 0 Å². The molecule has 0 spiro atoms. The van der Waals surface area contributed by atoms with Crippen LogP contribution < -0.4 is 5.32 Å². The fourth-order valence-corrected chi connectivity index (χ4v) is 5.90. The van der Waals surface area contributed by atoms with Crippen molar-refractivity contribution in [1.29, 1.82) is 0 Å². The minimum Gasteiger partial charge on any atom is -0.394 e. The fourth-order valence-electron chi connectivity index (χ4n) is 5.90. The summed E-state index contributed by atoms with van der Waals surface area (Å²) in [6, 6.07) is -0.632. The van der Waals surface area contributed by atoms with Gasteiger partial charge < -0.3 is 15.5 Å². The summed E-state index contributed by atoms with van der Waals surface area (Å²) in [7, 11) is 0. The Kier molecular flexibility index (Phi) is 35.4. The van der Waals surface area contributed by atoms with Crippen molar-refractivity contribution >= 4 is 5.91 Å². The zero-order chi connectivity index (χ0) is 32.2. The quantitative estimate of drug-likeness (QED) is 0.0488. The van der Waals surface area contributed by atoms with Crippen molar-refractivity contribution in [3.63, 3.8) is 0 Å². The van der Waals surface area contributed by atoms with Crippen molar-refractivity contribution < 1.29 is 15.0 Å². The molecule has 44 heavy (non-hydrogen) atoms. The first-order valence-electron chi connectivity index (χ1n) is 19.6. The Hall–Kier alpha value is -1.13. The van der Waals surface area contributed by atoms with Gasteiger partial charge in [-0.2, -0.15) is 0 Å². The number of nitrogens with one attached hydrogen (secondary N) is 1. The number of unbranched alkanes of at least 4 members (excludes halogenated alkanes) is 26. The molecule has 0 rings (SSSR count). The van der Waals surface area contributed by atoms with E-state index in [9.17, 15) is 15.0 Å². The van der Waals surface area contributed by atoms with Gasteiger partial charge in [-0.15, -0.1) is 0 Å². The van der Waals surface area contributed by atoms with E-state index >= 15 is 0 Å². The number of allylic oxidation sites excluding steroid dienone is 3. The minimum absolute atomic E-state index is 0.0771. The van der Waals surface area contributed by atoms with E-state index in [-0.39, 0.29) is 12.5 Å². The molecule has 0 aliphatic carbocycles. The van der Waals surface area contributed by atoms with Gasteiger partial charge in [0.2, 0.25) is 5.91 Å². The third-order valence-corrected chi connectivity index (χ3v) is 8.94. The van der Waals surface area contributed by atoms with Crippen molar-refractivity contribution in [2.24, 2.45) is 0 Å². The Bertz CT molecular complexity index is 632. The maximum Gasteiger partial charge on any atom is 0.220 e. The normalized spacial score (nSPS) is 13.3. The highest BCUT2D eigenvalue weighted by Crippen LogP contribution is 2.15. The maximum absolute atomic E-state index is 12.2. The highest BCUT2D eigenvalue weighted by Gasteiger charge is 2.17. The molecule has 4 heteroatoms. The molecule has 0 saturated carbocycles. The van der Waals surface area contributed by atoms with Crippen LogP contribution in [0.3, 0.4) is 0 Å². The average molecular weight is 620 g/mol. The Morgan fingerprint density at radius 3 is 1.32 bits per heavy atom. The highest BCUT2D eigenvalue weighted by atomic mass is 16.3. The molecular formula is C40H77NO3. The molecule has 4 nitrogen and oxygen atoms in total. The molecule has 0 saturated heterocycles. The monoisotopic (exact) mass is 620 g/mol. The summed E-state index contributed by atoms with van der Waals surface area (Å²) in [6.07, 6.45) is 45.7. The third kappa shape index (κ3) is 32.3. The molecule has 0 bridgehead atoms. The standard InChI is InChI=1S/C40H77NO3/c1-3-5-7-9-11-13-14-15-16-17-18-19-20-21-22-23-24-25-26-28-29-31-33-35-39(43)38(37-42)41-40(44)36-34-32-30-27-12-10-8-6-4-2/h26,28,33,35,38-39,42-43H,3-25,27,29-32,34,36-37H2,1-2H3,(H,41,44)/b28-26+,35-33+. The molecule has 3 N–H and O–H groups in total. The van der Waals surface area contributed by atoms with Crippen LogP contribution in [0.25, 0.3) is 0 Å². The molecule has 0 aliphatic heterocycles. The van der Waals surface area contributed by atoms with Crippen molar-refractivity contribution in [2.75, 3.05) is 6.61 Å². The van der Waals surface area contributed by atoms with E-state index in [1.54, 1.807) is 6.08 Å². The molecule has 0 aromatic carbocycles. The van der Waals surface area contributed by atoms with Crippen LogP contribution in [0.2, 0.25) is 0 Å². The van der Waals surface area contributed by atoms with Crippen LogP contribution >= 0.6 is 0 Å². The summed E-state index contributed by atoms with van der Waals surface area (Å²) in [6.45, 7) is 4.27. The number of carbonyl (C=O) groups is 1. The first-order valence-corrected chi connectivity index (χ1v) is 19.6. The Balaban J connectivity index is 3.57. The number of rotatable bonds is 35. The maximum atomic E-state index is 12.2. The molecule has 260 valence electrons. The molecule has 0 radical (unpaired) electrons. The van der Waals surface area contributed by atoms with Crippen molar-refractivity contribution in [3.8, 4) is 0 Å². The number of hydrogen-bond acceptors (Lipinski definition) is 3. The number of carbonyl (C=O) groups excluding carboxylic acids is 1. The first-order chi connectivity index (χ1) is 21.7. The van der Waals surface area contributed by atoms with Crippen LogP contribution in [0.15, 0.2) is 24.3 Å². The Labute approximate surface area is 275 Å². The molecule has 0 heterocycles. The topological polar surface area (TPSA) is 69.6 Å². The van der Waals surface area contributed by atoms with Crippen LogP contribution in [0.1, 0.15) is 206 Å². The van der Waals surface area contributed by atoms with Crippen molar-refractivity contribution in [1.82, 2.24) is 5.32 Å². The van der Waals surface area contributed by atoms with Gasteiger partial charge in [0, 0.05) is 6.42 Å². The van der Waals surface area contributed by atoms with Gasteiger partial charge in [0.25, 0.3) is 0 Å². The zero-order valence-electron chi connectivity index (χ0n) is 29.7. The molecule has 2 unspecified atom stereocenters. The first kappa shape index (κ1) is 42.9. The van der Waals surface area contributed by atoms with Crippen molar-refractivity contribution in [3.05, 3.63) is 24.3 Å². The second-order valence-corrected chi connectivity index (χ2v) is 13.3. The Morgan fingerprint density at radius 1 is 0.523 bits per heavy atom. The highest BCUT2D eigenvalue weighted by molar-refractivity contribution is 5.76. The van der Waals surface area contributed by atoms with Crippen LogP contribution in [0.4, 0.5) is 0 Å². The summed E-state index contributed by atoms with van der Waals surface area (Å²) in [5.41, 5.74) is 0. The lowest BCUT2D eigenvalue weighted by molar-refractivity contribution is -0.123. The molecule has 0 fully saturated rings. The number of aliphatic hydroxyl groups is 2. The molecule has 0 aromatic heterocycles. The third-order valence-electron chi connectivity index (χ3n) is 8.94. The summed E-state index contributed by atoms with van der Waals surface area (Å²) in [5.74, 6) is -0.0771. The van der Waals surface area contributed by atoms with E-state index in [4.69, 9.17) is 0 Å². The molecule has 1 amide bonds. The van der Waals surface area contributed by atoms with Crippen LogP contribution in [-0.2, 0) is 4.79 Å². The molecular weight excluding hydrogens is 542 g/mol. The lowest BCUT2D eigenvalue weighted by atomic mass is 10.0. The van der Waals surface area contributed by atoms with Gasteiger partial charge in [0.05, 0.1) is 18.8 Å². The Morgan fingerprint density at radius 2 is 0.886 bits per heavy atom. The lowest BCUT2D eigenvalue weighted by Gasteiger charge is -2.19. The zero-order valence-corrected chi connectivity index (χ0v) is 29.7. The number of aliphatic hydroxyl groups excluding tert-OH is 2. The predicted octanol–water partition coefficient (Wildman–Crippen LogP) is 11.7. The van der Waals surface area contributed by atoms with E-state index in [1.165, 1.54) is 154 Å². The van der Waals surface area contributed by atoms with E-state index in [1.807, 2.05) is 6.08 Å². The summed E-state index contributed by atoms with van der Waals surface area (Å²) < 4.78 is 0. The van der Waals surface area contributed by atoms with Gasteiger partial charge in [-0.1, -0.05) is 192 Å². The average Bonchev–Trinajstić information content (AvgIpc) is 3.03. The van der Waals surface area contributed by atoms with Gasteiger partial charge in [-0.05, 0) is 32.1 Å². The second kappa shape index (κ2) is 36.3. The van der Waals surface area contributed by atoms with Crippen LogP contribution in [0, 0.1) is 0 Å². The van der Waals surface area contributed by atoms with Crippen LogP contribution in [-0.4, -0.2) is 34.9 Å². The van der Waals surface area contributed by atoms with E-state index in [0.717, 1.165) is 32.1 Å². The minimum atomic E-state index is -0.856. The van der Waals surface area contributed by atoms with Gasteiger partial charge in [0.15, 0.2) is 0 Å². The smallest absolute Gasteiger partial charge is 0.220 e.